The van der Waals surface area contributed by atoms with Gasteiger partial charge < -0.3 is 19.3 Å². The van der Waals surface area contributed by atoms with E-state index in [1.165, 1.54) is 57.6 Å². The van der Waals surface area contributed by atoms with Gasteiger partial charge >= 0.3 is 0 Å². The van der Waals surface area contributed by atoms with Gasteiger partial charge in [0.15, 0.2) is 5.03 Å². The van der Waals surface area contributed by atoms with Crippen molar-refractivity contribution in [2.45, 2.75) is 35.2 Å². The Morgan fingerprint density at radius 3 is 2.64 bits per heavy atom. The van der Waals surface area contributed by atoms with E-state index in [1.54, 1.807) is 25.4 Å². The van der Waals surface area contributed by atoms with Gasteiger partial charge in [-0.3, -0.25) is 9.52 Å². The van der Waals surface area contributed by atoms with Crippen LogP contribution in [0.5, 0.6) is 5.75 Å². The number of aromatic nitrogens is 2. The fourth-order valence-electron chi connectivity index (χ4n) is 4.15. The fraction of sp³-hybridized carbons (Fsp3) is 0.417. The second kappa shape index (κ2) is 11.3. The number of anilines is 1. The van der Waals surface area contributed by atoms with Gasteiger partial charge in [-0.25, -0.2) is 13.4 Å². The Morgan fingerprint density at radius 1 is 1.28 bits per heavy atom. The van der Waals surface area contributed by atoms with Crippen LogP contribution in [0.3, 0.4) is 0 Å². The summed E-state index contributed by atoms with van der Waals surface area (Å²) in [5, 5.41) is 11.4. The largest absolute Gasteiger partial charge is 0.488 e. The summed E-state index contributed by atoms with van der Waals surface area (Å²) in [5.74, 6) is -0.580. The lowest BCUT2D eigenvalue weighted by Gasteiger charge is -2.38. The Hall–Kier alpha value is -2.98. The van der Waals surface area contributed by atoms with Crippen molar-refractivity contribution in [3.8, 4) is 5.75 Å². The van der Waals surface area contributed by atoms with E-state index in [0.717, 1.165) is 11.3 Å². The van der Waals surface area contributed by atoms with E-state index in [2.05, 4.69) is 9.71 Å². The van der Waals surface area contributed by atoms with Gasteiger partial charge in [-0.2, -0.15) is 12.7 Å². The normalized spacial score (nSPS) is 19.2. The standard InChI is InChI=1S/C24H31N5O7S3/c1-16-11-29(17(2)14-30)24(31)19-10-18(26-38(32,33)22-13-27(3)15-25-22)7-8-20(19)36-21(16)12-28(4)39(34,35)23-6-5-9-37-23/h5-10,13,15-17,21,26,30H,11-12,14H2,1-4H3/t16-,17+,21+/m1/s1. The second-order valence-corrected chi connectivity index (χ2v) is 14.4. The molecule has 2 aromatic heterocycles. The third kappa shape index (κ3) is 6.11. The number of sulfonamides is 2. The number of nitrogens with zero attached hydrogens (tertiary/aromatic N) is 4. The molecule has 0 aliphatic carbocycles. The van der Waals surface area contributed by atoms with Gasteiger partial charge in [0.1, 0.15) is 16.1 Å². The quantitative estimate of drug-likeness (QED) is 0.379. The Bertz CT molecular complexity index is 1540. The van der Waals surface area contributed by atoms with Crippen LogP contribution in [-0.4, -0.2) is 85.5 Å². The number of aliphatic hydroxyl groups excluding tert-OH is 1. The van der Waals surface area contributed by atoms with Gasteiger partial charge in [0, 0.05) is 38.4 Å². The maximum Gasteiger partial charge on any atom is 0.280 e. The first-order chi connectivity index (χ1) is 18.3. The SMILES string of the molecule is C[C@@H]1CN([C@@H](C)CO)C(=O)c2cc(NS(=O)(=O)c3cn(C)cn3)ccc2O[C@H]1CN(C)S(=O)(=O)c1cccs1. The van der Waals surface area contributed by atoms with E-state index in [0.29, 0.717) is 0 Å². The number of aliphatic hydroxyl groups is 1. The summed E-state index contributed by atoms with van der Waals surface area (Å²) in [4.78, 5) is 19.0. The van der Waals surface area contributed by atoms with Crippen LogP contribution < -0.4 is 9.46 Å². The lowest BCUT2D eigenvalue weighted by atomic mass is 9.99. The molecule has 0 saturated carbocycles. The van der Waals surface area contributed by atoms with Crippen molar-refractivity contribution in [2.75, 3.05) is 31.5 Å². The van der Waals surface area contributed by atoms with Crippen molar-refractivity contribution in [1.29, 1.82) is 0 Å². The Kier molecular flexibility index (Phi) is 8.37. The predicted molar refractivity (Wildman–Crippen MR) is 146 cm³/mol. The molecule has 3 aromatic rings. The molecule has 0 saturated heterocycles. The van der Waals surface area contributed by atoms with Crippen molar-refractivity contribution in [3.05, 3.63) is 53.8 Å². The molecular formula is C24H31N5O7S3. The number of imidazole rings is 1. The molecule has 0 radical (unpaired) electrons. The maximum atomic E-state index is 13.6. The summed E-state index contributed by atoms with van der Waals surface area (Å²) in [5.41, 5.74) is 0.202. The highest BCUT2D eigenvalue weighted by atomic mass is 32.2. The number of hydrogen-bond acceptors (Lipinski definition) is 9. The fourth-order valence-corrected chi connectivity index (χ4v) is 7.57. The van der Waals surface area contributed by atoms with Crippen LogP contribution in [0.25, 0.3) is 0 Å². The van der Waals surface area contributed by atoms with E-state index in [-0.39, 0.29) is 51.8 Å². The molecule has 1 amide bonds. The molecule has 12 nitrogen and oxygen atoms in total. The first-order valence-electron chi connectivity index (χ1n) is 12.1. The average Bonchev–Trinajstić information content (AvgIpc) is 3.59. The minimum absolute atomic E-state index is 0.00440. The van der Waals surface area contributed by atoms with Gasteiger partial charge in [-0.1, -0.05) is 13.0 Å². The molecule has 1 aliphatic heterocycles. The van der Waals surface area contributed by atoms with Gasteiger partial charge in [-0.05, 0) is 36.6 Å². The number of nitrogens with one attached hydrogen (secondary N) is 1. The molecule has 212 valence electrons. The predicted octanol–water partition coefficient (Wildman–Crippen LogP) is 1.82. The van der Waals surface area contributed by atoms with E-state index in [4.69, 9.17) is 4.74 Å². The number of hydrogen-bond donors (Lipinski definition) is 2. The number of thiophene rings is 1. The third-order valence-electron chi connectivity index (χ3n) is 6.47. The molecule has 0 spiro atoms. The maximum absolute atomic E-state index is 13.6. The average molecular weight is 598 g/mol. The van der Waals surface area contributed by atoms with Crippen molar-refractivity contribution in [3.63, 3.8) is 0 Å². The van der Waals surface area contributed by atoms with Crippen molar-refractivity contribution in [2.24, 2.45) is 13.0 Å². The van der Waals surface area contributed by atoms with E-state index >= 15 is 0 Å². The first kappa shape index (κ1) is 29.0. The lowest BCUT2D eigenvalue weighted by molar-refractivity contribution is 0.0387. The van der Waals surface area contributed by atoms with Gasteiger partial charge in [0.25, 0.3) is 26.0 Å². The van der Waals surface area contributed by atoms with Crippen LogP contribution in [0, 0.1) is 5.92 Å². The van der Waals surface area contributed by atoms with Crippen LogP contribution in [0.4, 0.5) is 5.69 Å². The molecule has 15 heteroatoms. The van der Waals surface area contributed by atoms with Crippen molar-refractivity contribution in [1.82, 2.24) is 18.8 Å². The first-order valence-corrected chi connectivity index (χ1v) is 15.9. The number of aryl methyl sites for hydroxylation is 1. The van der Waals surface area contributed by atoms with Crippen LogP contribution in [0.2, 0.25) is 0 Å². The third-order valence-corrected chi connectivity index (χ3v) is 10.9. The van der Waals surface area contributed by atoms with Crippen LogP contribution in [-0.2, 0) is 27.1 Å². The Morgan fingerprint density at radius 2 is 2.03 bits per heavy atom. The molecule has 0 fully saturated rings. The number of fused-ring (bicyclic) bond motifs is 1. The van der Waals surface area contributed by atoms with Crippen molar-refractivity contribution < 1.29 is 31.5 Å². The minimum atomic E-state index is -4.02. The molecule has 0 bridgehead atoms. The Balaban J connectivity index is 1.68. The zero-order chi connectivity index (χ0) is 28.5. The molecule has 2 N–H and O–H groups in total. The highest BCUT2D eigenvalue weighted by Gasteiger charge is 2.35. The molecule has 3 heterocycles. The number of likely N-dealkylation sites (N-methyl/N-ethyl adjacent to an activating group) is 1. The summed E-state index contributed by atoms with van der Waals surface area (Å²) in [7, 11) is -4.65. The number of rotatable bonds is 9. The van der Waals surface area contributed by atoms with Gasteiger partial charge in [0.2, 0.25) is 0 Å². The van der Waals surface area contributed by atoms with Crippen LogP contribution in [0.1, 0.15) is 24.2 Å². The number of carbonyl (C=O) groups excluding carboxylic acids is 1. The van der Waals surface area contributed by atoms with E-state index in [9.17, 15) is 26.7 Å². The minimum Gasteiger partial charge on any atom is -0.488 e. The van der Waals surface area contributed by atoms with E-state index < -0.39 is 38.1 Å². The number of ether oxygens (including phenoxy) is 1. The topological polar surface area (TPSA) is 151 Å². The zero-order valence-electron chi connectivity index (χ0n) is 21.9. The van der Waals surface area contributed by atoms with Gasteiger partial charge in [-0.15, -0.1) is 11.3 Å². The molecule has 4 rings (SSSR count). The molecule has 1 aliphatic rings. The summed E-state index contributed by atoms with van der Waals surface area (Å²) < 4.78 is 63.3. The van der Waals surface area contributed by atoms with E-state index in [1.807, 2.05) is 6.92 Å². The molecule has 1 aromatic carbocycles. The summed E-state index contributed by atoms with van der Waals surface area (Å²) in [6.45, 7) is 3.44. The lowest BCUT2D eigenvalue weighted by Crippen LogP contribution is -2.50. The number of benzene rings is 1. The van der Waals surface area contributed by atoms with Crippen molar-refractivity contribution >= 4 is 43.0 Å². The molecule has 39 heavy (non-hydrogen) atoms. The molecule has 0 unspecified atom stereocenters. The highest BCUT2D eigenvalue weighted by molar-refractivity contribution is 7.92. The van der Waals surface area contributed by atoms with Crippen LogP contribution in [0.15, 0.2) is 57.5 Å². The second-order valence-electron chi connectivity index (χ2n) is 9.53. The number of amides is 1. The van der Waals surface area contributed by atoms with Gasteiger partial charge in [0.05, 0.1) is 31.1 Å². The van der Waals surface area contributed by atoms with Crippen LogP contribution >= 0.6 is 11.3 Å². The Labute approximate surface area is 231 Å². The smallest absolute Gasteiger partial charge is 0.280 e. The summed E-state index contributed by atoms with van der Waals surface area (Å²) in [6, 6.07) is 6.95. The number of carbonyl (C=O) groups is 1. The monoisotopic (exact) mass is 597 g/mol. The zero-order valence-corrected chi connectivity index (χ0v) is 24.3. The molecule has 3 atom stereocenters. The summed E-state index contributed by atoms with van der Waals surface area (Å²) >= 11 is 1.12. The summed E-state index contributed by atoms with van der Waals surface area (Å²) in [6.07, 6.45) is 2.06. The highest BCUT2D eigenvalue weighted by Crippen LogP contribution is 2.32. The molecular weight excluding hydrogens is 566 g/mol.